The van der Waals surface area contributed by atoms with Gasteiger partial charge in [-0.15, -0.1) is 11.3 Å². The highest BCUT2D eigenvalue weighted by molar-refractivity contribution is 7.19. The molecule has 0 spiro atoms. The Balaban J connectivity index is 3.20. The molecule has 0 bridgehead atoms. The smallest absolute Gasteiger partial charge is 0.265 e. The van der Waals surface area contributed by atoms with Crippen LogP contribution in [0.5, 0.6) is 5.75 Å². The van der Waals surface area contributed by atoms with Crippen molar-refractivity contribution in [1.29, 1.82) is 0 Å². The number of carbonyl (C=O) groups excluding carboxylic acids is 1. The number of nitrogens with two attached hydrogens (primary N) is 1. The van der Waals surface area contributed by atoms with E-state index in [9.17, 15) is 4.79 Å². The highest BCUT2D eigenvalue weighted by Gasteiger charge is 2.25. The number of nitrogens with zero attached hydrogens (tertiary/aromatic N) is 1. The average Bonchev–Trinajstić information content (AvgIpc) is 2.72. The third kappa shape index (κ3) is 4.27. The van der Waals surface area contributed by atoms with E-state index in [2.05, 4.69) is 19.2 Å². The van der Waals surface area contributed by atoms with Crippen LogP contribution in [0.3, 0.4) is 0 Å². The summed E-state index contributed by atoms with van der Waals surface area (Å²) in [7, 11) is 3.44. The zero-order chi connectivity index (χ0) is 16.2. The lowest BCUT2D eigenvalue weighted by molar-refractivity contribution is 0.0832. The van der Waals surface area contributed by atoms with Crippen molar-refractivity contribution < 1.29 is 9.53 Å². The molecule has 0 saturated carbocycles. The maximum Gasteiger partial charge on any atom is 0.265 e. The largest absolute Gasteiger partial charge is 0.486 e. The van der Waals surface area contributed by atoms with Crippen LogP contribution in [-0.2, 0) is 0 Å². The lowest BCUT2D eigenvalue weighted by atomic mass is 10.2. The average molecular weight is 313 g/mol. The first kappa shape index (κ1) is 17.6. The fraction of sp³-hybridized carbons (Fsp3) is 0.667. The monoisotopic (exact) mass is 313 g/mol. The van der Waals surface area contributed by atoms with Crippen molar-refractivity contribution in [1.82, 2.24) is 4.90 Å². The van der Waals surface area contributed by atoms with Gasteiger partial charge in [-0.05, 0) is 26.7 Å². The van der Waals surface area contributed by atoms with Gasteiger partial charge in [0.1, 0.15) is 15.6 Å². The first-order valence-electron chi connectivity index (χ1n) is 7.38. The van der Waals surface area contributed by atoms with Crippen molar-refractivity contribution in [3.05, 3.63) is 4.88 Å². The quantitative estimate of drug-likeness (QED) is 0.809. The van der Waals surface area contributed by atoms with E-state index < -0.39 is 0 Å². The van der Waals surface area contributed by atoms with Gasteiger partial charge in [-0.25, -0.2) is 0 Å². The van der Waals surface area contributed by atoms with Gasteiger partial charge < -0.3 is 20.7 Å². The zero-order valence-electron chi connectivity index (χ0n) is 13.8. The molecule has 0 atom stereocenters. The van der Waals surface area contributed by atoms with Crippen LogP contribution < -0.4 is 15.8 Å². The van der Waals surface area contributed by atoms with Gasteiger partial charge in [0, 0.05) is 20.1 Å². The Morgan fingerprint density at radius 1 is 1.33 bits per heavy atom. The van der Waals surface area contributed by atoms with Crippen LogP contribution in [0.2, 0.25) is 0 Å². The van der Waals surface area contributed by atoms with Gasteiger partial charge in [-0.3, -0.25) is 4.79 Å². The molecule has 1 rings (SSSR count). The first-order chi connectivity index (χ1) is 9.81. The minimum Gasteiger partial charge on any atom is -0.486 e. The Labute approximate surface area is 131 Å². The van der Waals surface area contributed by atoms with Crippen molar-refractivity contribution in [2.75, 3.05) is 25.1 Å². The SMILES string of the molecule is CCC(CC)Nc1sc(C(=O)N(C)C)c(N)c1OC(C)C. The molecule has 0 fully saturated rings. The maximum atomic E-state index is 12.2. The van der Waals surface area contributed by atoms with E-state index in [1.54, 1.807) is 14.1 Å². The number of ether oxygens (including phenoxy) is 1. The van der Waals surface area contributed by atoms with E-state index in [1.165, 1.54) is 16.2 Å². The van der Waals surface area contributed by atoms with E-state index in [0.29, 0.717) is 22.4 Å². The minimum atomic E-state index is -0.0938. The Morgan fingerprint density at radius 2 is 1.90 bits per heavy atom. The van der Waals surface area contributed by atoms with Crippen molar-refractivity contribution in [3.8, 4) is 5.75 Å². The highest BCUT2D eigenvalue weighted by atomic mass is 32.1. The third-order valence-corrected chi connectivity index (χ3v) is 4.28. The minimum absolute atomic E-state index is 0.00598. The fourth-order valence-electron chi connectivity index (χ4n) is 1.92. The standard InChI is InChI=1S/C15H27N3O2S/c1-7-10(8-2)17-14-12(20-9(3)4)11(16)13(21-14)15(19)18(5)6/h9-10,17H,7-8,16H2,1-6H3. The van der Waals surface area contributed by atoms with Crippen LogP contribution in [-0.4, -0.2) is 37.0 Å². The summed E-state index contributed by atoms with van der Waals surface area (Å²) in [5.41, 5.74) is 6.58. The molecular formula is C15H27N3O2S. The van der Waals surface area contributed by atoms with Gasteiger partial charge in [0.05, 0.1) is 6.10 Å². The molecule has 3 N–H and O–H groups in total. The fourth-order valence-corrected chi connectivity index (χ4v) is 3.07. The van der Waals surface area contributed by atoms with Gasteiger partial charge in [0.25, 0.3) is 5.91 Å². The van der Waals surface area contributed by atoms with E-state index in [0.717, 1.165) is 17.8 Å². The number of nitrogen functional groups attached to an aromatic ring is 1. The second-order valence-electron chi connectivity index (χ2n) is 5.53. The summed E-state index contributed by atoms with van der Waals surface area (Å²) in [5, 5.41) is 4.30. The second-order valence-corrected chi connectivity index (χ2v) is 6.55. The topological polar surface area (TPSA) is 67.6 Å². The van der Waals surface area contributed by atoms with Crippen LogP contribution in [0.25, 0.3) is 0 Å². The first-order valence-corrected chi connectivity index (χ1v) is 8.20. The van der Waals surface area contributed by atoms with E-state index >= 15 is 0 Å². The number of rotatable bonds is 7. The number of hydrogen-bond acceptors (Lipinski definition) is 5. The zero-order valence-corrected chi connectivity index (χ0v) is 14.6. The molecule has 0 aliphatic rings. The Bertz CT molecular complexity index is 480. The van der Waals surface area contributed by atoms with Gasteiger partial charge >= 0.3 is 0 Å². The van der Waals surface area contributed by atoms with Gasteiger partial charge in [-0.1, -0.05) is 13.8 Å². The molecule has 21 heavy (non-hydrogen) atoms. The lowest BCUT2D eigenvalue weighted by Gasteiger charge is -2.17. The van der Waals surface area contributed by atoms with Crippen LogP contribution in [0.4, 0.5) is 10.7 Å². The molecule has 120 valence electrons. The van der Waals surface area contributed by atoms with E-state index in [4.69, 9.17) is 10.5 Å². The predicted octanol–water partition coefficient (Wildman–Crippen LogP) is 3.42. The molecule has 1 aromatic rings. The number of hydrogen-bond donors (Lipinski definition) is 2. The highest BCUT2D eigenvalue weighted by Crippen LogP contribution is 2.44. The maximum absolute atomic E-state index is 12.2. The number of thiophene rings is 1. The molecule has 1 aromatic heterocycles. The van der Waals surface area contributed by atoms with Crippen molar-refractivity contribution in [2.24, 2.45) is 0 Å². The molecule has 0 aliphatic heterocycles. The Hall–Kier alpha value is -1.43. The molecule has 6 heteroatoms. The summed E-state index contributed by atoms with van der Waals surface area (Å²) in [5.74, 6) is 0.510. The van der Waals surface area contributed by atoms with Crippen molar-refractivity contribution in [2.45, 2.75) is 52.7 Å². The molecule has 0 aromatic carbocycles. The summed E-state index contributed by atoms with van der Waals surface area (Å²) >= 11 is 1.37. The summed E-state index contributed by atoms with van der Waals surface area (Å²) in [6.07, 6.45) is 2.02. The van der Waals surface area contributed by atoms with Crippen LogP contribution in [0.1, 0.15) is 50.2 Å². The molecule has 0 saturated heterocycles. The molecule has 1 amide bonds. The lowest BCUT2D eigenvalue weighted by Crippen LogP contribution is -2.21. The van der Waals surface area contributed by atoms with Gasteiger partial charge in [-0.2, -0.15) is 0 Å². The summed E-state index contributed by atoms with van der Waals surface area (Å²) in [6.45, 7) is 8.16. The molecule has 5 nitrogen and oxygen atoms in total. The Morgan fingerprint density at radius 3 is 2.33 bits per heavy atom. The number of amides is 1. The Kier molecular flexibility index (Phi) is 6.33. The molecule has 0 aliphatic carbocycles. The summed E-state index contributed by atoms with van der Waals surface area (Å²) in [6, 6.07) is 0.347. The van der Waals surface area contributed by atoms with Crippen LogP contribution in [0, 0.1) is 0 Å². The molecule has 0 unspecified atom stereocenters. The second kappa shape index (κ2) is 7.54. The van der Waals surface area contributed by atoms with E-state index in [1.807, 2.05) is 13.8 Å². The summed E-state index contributed by atoms with van der Waals surface area (Å²) < 4.78 is 5.83. The van der Waals surface area contributed by atoms with Gasteiger partial charge in [0.15, 0.2) is 5.75 Å². The van der Waals surface area contributed by atoms with Crippen LogP contribution in [0.15, 0.2) is 0 Å². The summed E-state index contributed by atoms with van der Waals surface area (Å²) in [4.78, 5) is 14.3. The van der Waals surface area contributed by atoms with Crippen LogP contribution >= 0.6 is 11.3 Å². The normalized spacial score (nSPS) is 11.0. The van der Waals surface area contributed by atoms with Crippen molar-refractivity contribution >= 4 is 27.9 Å². The predicted molar refractivity (Wildman–Crippen MR) is 90.5 cm³/mol. The molecule has 1 heterocycles. The van der Waals surface area contributed by atoms with Gasteiger partial charge in [0.2, 0.25) is 0 Å². The third-order valence-electron chi connectivity index (χ3n) is 3.17. The number of carbonyl (C=O) groups is 1. The number of anilines is 2. The number of nitrogens with one attached hydrogen (secondary N) is 1. The molecule has 0 radical (unpaired) electrons. The molecular weight excluding hydrogens is 286 g/mol. The van der Waals surface area contributed by atoms with E-state index in [-0.39, 0.29) is 12.0 Å². The van der Waals surface area contributed by atoms with Crippen molar-refractivity contribution in [3.63, 3.8) is 0 Å².